The van der Waals surface area contributed by atoms with Crippen molar-refractivity contribution < 1.29 is 22.8 Å². The van der Waals surface area contributed by atoms with Gasteiger partial charge in [-0.3, -0.25) is 0 Å². The summed E-state index contributed by atoms with van der Waals surface area (Å²) in [6.07, 6.45) is 0.508. The van der Waals surface area contributed by atoms with Crippen LogP contribution in [0.3, 0.4) is 0 Å². The molecule has 0 radical (unpaired) electrons. The number of carbonyl (C=O) groups excluding carboxylic acids is 1. The predicted octanol–water partition coefficient (Wildman–Crippen LogP) is 2.90. The van der Waals surface area contributed by atoms with Crippen molar-refractivity contribution in [3.8, 4) is 0 Å². The van der Waals surface area contributed by atoms with Crippen LogP contribution in [0.1, 0.15) is 41.0 Å². The highest BCUT2D eigenvalue weighted by Gasteiger charge is 2.41. The fraction of sp³-hybridized carbons (Fsp3) is 0.929. The first-order valence-electron chi connectivity index (χ1n) is 7.74. The maximum Gasteiger partial charge on any atom is 0.501 e. The average Bonchev–Trinajstić information content (AvgIpc) is 2.38. The summed E-state index contributed by atoms with van der Waals surface area (Å²) in [5.41, 5.74) is 0. The van der Waals surface area contributed by atoms with Gasteiger partial charge in [0.05, 0.1) is 6.61 Å². The van der Waals surface area contributed by atoms with Crippen LogP contribution in [-0.2, 0) is 18.0 Å². The molecule has 0 aromatic carbocycles. The monoisotopic (exact) mass is 321 g/mol. The van der Waals surface area contributed by atoms with Crippen LogP contribution in [0.4, 0.5) is 4.79 Å². The lowest BCUT2D eigenvalue weighted by Crippen LogP contribution is -2.48. The molecule has 0 aliphatic carbocycles. The van der Waals surface area contributed by atoms with Crippen molar-refractivity contribution in [3.63, 3.8) is 0 Å². The molecule has 0 atom stereocenters. The van der Waals surface area contributed by atoms with Gasteiger partial charge in [-0.25, -0.2) is 4.79 Å². The Morgan fingerprint density at radius 3 is 2.10 bits per heavy atom. The van der Waals surface area contributed by atoms with Gasteiger partial charge in [-0.15, -0.1) is 0 Å². The molecule has 0 N–H and O–H groups in total. The molecule has 0 aliphatic heterocycles. The molecular weight excluding hydrogens is 290 g/mol. The zero-order valence-electron chi connectivity index (χ0n) is 14.3. The predicted molar refractivity (Wildman–Crippen MR) is 84.3 cm³/mol. The number of amides is 1. The van der Waals surface area contributed by atoms with Gasteiger partial charge in [-0.05, 0) is 41.0 Å². The lowest BCUT2D eigenvalue weighted by atomic mass is 10.4. The standard InChI is InChI=1S/C14H31NO5Si/c1-7-17-14(16)15(6)11-10-12-21(18-8-2,19-9-3)20-13(4)5/h13H,7-12H2,1-6H3. The van der Waals surface area contributed by atoms with Crippen LogP contribution in [0.2, 0.25) is 6.04 Å². The molecule has 0 fully saturated rings. The highest BCUT2D eigenvalue weighted by atomic mass is 28.4. The zero-order valence-corrected chi connectivity index (χ0v) is 15.3. The van der Waals surface area contributed by atoms with E-state index in [1.165, 1.54) is 0 Å². The van der Waals surface area contributed by atoms with Crippen molar-refractivity contribution >= 4 is 14.9 Å². The Balaban J connectivity index is 4.49. The van der Waals surface area contributed by atoms with Gasteiger partial charge >= 0.3 is 14.9 Å². The Hall–Kier alpha value is -0.633. The molecule has 21 heavy (non-hydrogen) atoms. The summed E-state index contributed by atoms with van der Waals surface area (Å²) in [5, 5.41) is 0. The second kappa shape index (κ2) is 11.0. The lowest BCUT2D eigenvalue weighted by molar-refractivity contribution is 0.0430. The fourth-order valence-corrected chi connectivity index (χ4v) is 4.78. The molecule has 0 unspecified atom stereocenters. The van der Waals surface area contributed by atoms with Crippen molar-refractivity contribution in [1.29, 1.82) is 0 Å². The van der Waals surface area contributed by atoms with E-state index in [-0.39, 0.29) is 12.2 Å². The molecule has 0 saturated heterocycles. The third kappa shape index (κ3) is 8.40. The highest BCUT2D eigenvalue weighted by Crippen LogP contribution is 2.20. The molecule has 0 aliphatic rings. The van der Waals surface area contributed by atoms with E-state index in [0.717, 1.165) is 6.42 Å². The van der Waals surface area contributed by atoms with E-state index in [9.17, 15) is 4.79 Å². The van der Waals surface area contributed by atoms with E-state index in [2.05, 4.69) is 0 Å². The molecule has 0 aromatic heterocycles. The summed E-state index contributed by atoms with van der Waals surface area (Å²) in [6.45, 7) is 11.7. The van der Waals surface area contributed by atoms with Crippen LogP contribution < -0.4 is 0 Å². The van der Waals surface area contributed by atoms with E-state index in [1.54, 1.807) is 18.9 Å². The molecule has 0 saturated carbocycles. The summed E-state index contributed by atoms with van der Waals surface area (Å²) in [6, 6.07) is 0.691. The first kappa shape index (κ1) is 20.4. The van der Waals surface area contributed by atoms with Gasteiger partial charge in [0.15, 0.2) is 0 Å². The van der Waals surface area contributed by atoms with Gasteiger partial charge in [0.1, 0.15) is 0 Å². The van der Waals surface area contributed by atoms with Crippen LogP contribution >= 0.6 is 0 Å². The minimum absolute atomic E-state index is 0.0533. The molecule has 6 nitrogen and oxygen atoms in total. The number of carbonyl (C=O) groups is 1. The van der Waals surface area contributed by atoms with Gasteiger partial charge in [0, 0.05) is 39.0 Å². The molecule has 126 valence electrons. The van der Waals surface area contributed by atoms with Crippen LogP contribution in [0.5, 0.6) is 0 Å². The third-order valence-corrected chi connectivity index (χ3v) is 5.95. The minimum Gasteiger partial charge on any atom is -0.450 e. The van der Waals surface area contributed by atoms with Crippen molar-refractivity contribution in [2.24, 2.45) is 0 Å². The molecule has 1 amide bonds. The summed E-state index contributed by atoms with van der Waals surface area (Å²) in [7, 11) is -0.929. The number of ether oxygens (including phenoxy) is 1. The van der Waals surface area contributed by atoms with E-state index in [4.69, 9.17) is 18.0 Å². The van der Waals surface area contributed by atoms with Crippen molar-refractivity contribution in [3.05, 3.63) is 0 Å². The van der Waals surface area contributed by atoms with Crippen LogP contribution in [0.15, 0.2) is 0 Å². The summed E-state index contributed by atoms with van der Waals surface area (Å²) in [4.78, 5) is 13.1. The molecule has 0 aromatic rings. The first-order valence-corrected chi connectivity index (χ1v) is 9.67. The third-order valence-electron chi connectivity index (χ3n) is 2.70. The topological polar surface area (TPSA) is 57.2 Å². The Kier molecular flexibility index (Phi) is 10.7. The van der Waals surface area contributed by atoms with Crippen LogP contribution in [0.25, 0.3) is 0 Å². The van der Waals surface area contributed by atoms with Gasteiger partial charge in [-0.2, -0.15) is 0 Å². The minimum atomic E-state index is -2.66. The SMILES string of the molecule is CCOC(=O)N(C)CCC[Si](OCC)(OCC)OC(C)C. The first-order chi connectivity index (χ1) is 9.90. The molecule has 7 heteroatoms. The maximum absolute atomic E-state index is 11.5. The smallest absolute Gasteiger partial charge is 0.450 e. The van der Waals surface area contributed by atoms with Gasteiger partial charge in [0.25, 0.3) is 0 Å². The second-order valence-electron chi connectivity index (χ2n) is 4.94. The van der Waals surface area contributed by atoms with Crippen LogP contribution in [-0.4, -0.2) is 59.3 Å². The largest absolute Gasteiger partial charge is 0.501 e. The molecule has 0 heterocycles. The normalized spacial score (nSPS) is 11.8. The van der Waals surface area contributed by atoms with E-state index in [0.29, 0.717) is 32.4 Å². The summed E-state index contributed by atoms with van der Waals surface area (Å²) < 4.78 is 22.6. The molecular formula is C14H31NO5Si. The fourth-order valence-electron chi connectivity index (χ4n) is 1.97. The van der Waals surface area contributed by atoms with Crippen LogP contribution in [0, 0.1) is 0 Å². The van der Waals surface area contributed by atoms with Gasteiger partial charge in [-0.1, -0.05) is 0 Å². The van der Waals surface area contributed by atoms with Gasteiger partial charge in [0.2, 0.25) is 0 Å². The quantitative estimate of drug-likeness (QED) is 0.548. The number of rotatable bonds is 11. The Bertz CT molecular complexity index is 283. The summed E-state index contributed by atoms with van der Waals surface area (Å²) in [5.74, 6) is 0. The Morgan fingerprint density at radius 2 is 1.67 bits per heavy atom. The Labute approximate surface area is 130 Å². The van der Waals surface area contributed by atoms with Gasteiger partial charge < -0.3 is 22.9 Å². The van der Waals surface area contributed by atoms with E-state index >= 15 is 0 Å². The zero-order chi connectivity index (χ0) is 16.3. The van der Waals surface area contributed by atoms with Crippen molar-refractivity contribution in [1.82, 2.24) is 4.90 Å². The summed E-state index contributed by atoms with van der Waals surface area (Å²) >= 11 is 0. The van der Waals surface area contributed by atoms with E-state index in [1.807, 2.05) is 27.7 Å². The van der Waals surface area contributed by atoms with Crippen molar-refractivity contribution in [2.45, 2.75) is 53.2 Å². The number of hydrogen-bond acceptors (Lipinski definition) is 5. The molecule has 0 spiro atoms. The Morgan fingerprint density at radius 1 is 1.10 bits per heavy atom. The molecule has 0 rings (SSSR count). The lowest BCUT2D eigenvalue weighted by Gasteiger charge is -2.31. The number of hydrogen-bond donors (Lipinski definition) is 0. The van der Waals surface area contributed by atoms with Crippen molar-refractivity contribution in [2.75, 3.05) is 33.4 Å². The van der Waals surface area contributed by atoms with E-state index < -0.39 is 8.80 Å². The highest BCUT2D eigenvalue weighted by molar-refractivity contribution is 6.60. The average molecular weight is 321 g/mol. The molecule has 0 bridgehead atoms. The second-order valence-corrected chi connectivity index (χ2v) is 7.62. The number of nitrogens with zero attached hydrogens (tertiary/aromatic N) is 1. The maximum atomic E-state index is 11.5.